The Bertz CT molecular complexity index is 650. The highest BCUT2D eigenvalue weighted by Crippen LogP contribution is 2.34. The van der Waals surface area contributed by atoms with Crippen LogP contribution in [-0.4, -0.2) is 0 Å². The van der Waals surface area contributed by atoms with E-state index in [1.807, 2.05) is 26.0 Å². The van der Waals surface area contributed by atoms with Crippen LogP contribution in [0.4, 0.5) is 0 Å². The summed E-state index contributed by atoms with van der Waals surface area (Å²) in [5.41, 5.74) is 4.76. The Kier molecular flexibility index (Phi) is 4.37. The first-order valence-corrected chi connectivity index (χ1v) is 6.87. The molecule has 2 rings (SSSR count). The van der Waals surface area contributed by atoms with Gasteiger partial charge in [-0.3, -0.25) is 0 Å². The van der Waals surface area contributed by atoms with Crippen molar-refractivity contribution < 1.29 is 0 Å². The highest BCUT2D eigenvalue weighted by molar-refractivity contribution is 6.02. The van der Waals surface area contributed by atoms with Crippen molar-refractivity contribution in [3.8, 4) is 0 Å². The quantitative estimate of drug-likeness (QED) is 0.614. The summed E-state index contributed by atoms with van der Waals surface area (Å²) in [6, 6.07) is 8.42. The molecule has 2 aromatic rings. The molecule has 0 aliphatic rings. The third kappa shape index (κ3) is 2.25. The zero-order valence-corrected chi connectivity index (χ0v) is 12.2. The van der Waals surface area contributed by atoms with Gasteiger partial charge in [-0.1, -0.05) is 73.9 Å². The van der Waals surface area contributed by atoms with E-state index in [1.165, 1.54) is 33.0 Å². The summed E-state index contributed by atoms with van der Waals surface area (Å²) in [7, 11) is 0. The molecule has 0 nitrogen and oxygen atoms in total. The van der Waals surface area contributed by atoms with Gasteiger partial charge < -0.3 is 0 Å². The van der Waals surface area contributed by atoms with Crippen molar-refractivity contribution in [3.63, 3.8) is 0 Å². The summed E-state index contributed by atoms with van der Waals surface area (Å²) in [4.78, 5) is 0. The molecule has 0 bridgehead atoms. The van der Waals surface area contributed by atoms with Crippen molar-refractivity contribution >= 4 is 35.1 Å². The van der Waals surface area contributed by atoms with Gasteiger partial charge in [-0.2, -0.15) is 0 Å². The molecule has 0 atom stereocenters. The summed E-state index contributed by atoms with van der Waals surface area (Å²) >= 11 is 0. The average molecular weight is 260 g/mol. The van der Waals surface area contributed by atoms with Crippen molar-refractivity contribution in [2.75, 3.05) is 0 Å². The molecule has 0 saturated heterocycles. The molecule has 0 aliphatic carbocycles. The molecule has 0 spiro atoms. The van der Waals surface area contributed by atoms with Crippen LogP contribution in [0.2, 0.25) is 0 Å². The van der Waals surface area contributed by atoms with Gasteiger partial charge in [-0.25, -0.2) is 0 Å². The van der Waals surface area contributed by atoms with Gasteiger partial charge in [0.05, 0.1) is 0 Å². The predicted molar refractivity (Wildman–Crippen MR) is 93.5 cm³/mol. The SMILES string of the molecule is C=Cc1c(C=CC)c(C=CC)c(C=C)c2ccccc12. The maximum absolute atomic E-state index is 4.00. The standard InChI is InChI=1S/C20H20/c1-5-11-17-15(7-3)19-13-9-10-14-20(19)16(8-4)18(17)12-6-2/h5-14H,3-4H2,1-2H3. The van der Waals surface area contributed by atoms with Gasteiger partial charge in [0.15, 0.2) is 0 Å². The summed E-state index contributed by atoms with van der Waals surface area (Å²) < 4.78 is 0. The zero-order valence-electron chi connectivity index (χ0n) is 12.2. The Hall–Kier alpha value is -2.34. The van der Waals surface area contributed by atoms with Gasteiger partial charge in [-0.15, -0.1) is 0 Å². The van der Waals surface area contributed by atoms with Crippen LogP contribution in [0, 0.1) is 0 Å². The van der Waals surface area contributed by atoms with E-state index in [0.717, 1.165) is 0 Å². The van der Waals surface area contributed by atoms with E-state index in [2.05, 4.69) is 61.7 Å². The Morgan fingerprint density at radius 2 is 1.10 bits per heavy atom. The van der Waals surface area contributed by atoms with Crippen LogP contribution in [0.25, 0.3) is 35.1 Å². The topological polar surface area (TPSA) is 0 Å². The van der Waals surface area contributed by atoms with Gasteiger partial charge in [0.1, 0.15) is 0 Å². The molecule has 0 amide bonds. The molecular formula is C20H20. The fraction of sp³-hybridized carbons (Fsp3) is 0.100. The summed E-state index contributed by atoms with van der Waals surface area (Å²) in [6.07, 6.45) is 12.3. The van der Waals surface area contributed by atoms with E-state index in [0.29, 0.717) is 0 Å². The van der Waals surface area contributed by atoms with Crippen LogP contribution in [-0.2, 0) is 0 Å². The summed E-state index contributed by atoms with van der Waals surface area (Å²) in [5, 5.41) is 2.44. The van der Waals surface area contributed by atoms with E-state index in [1.54, 1.807) is 0 Å². The largest absolute Gasteiger partial charge is 0.0984 e. The van der Waals surface area contributed by atoms with Crippen molar-refractivity contribution in [1.82, 2.24) is 0 Å². The van der Waals surface area contributed by atoms with Crippen LogP contribution < -0.4 is 0 Å². The predicted octanol–water partition coefficient (Wildman–Crippen LogP) is 6.19. The molecule has 0 fully saturated rings. The van der Waals surface area contributed by atoms with Crippen molar-refractivity contribution in [2.24, 2.45) is 0 Å². The van der Waals surface area contributed by atoms with E-state index in [9.17, 15) is 0 Å². The number of rotatable bonds is 4. The third-order valence-electron chi connectivity index (χ3n) is 3.45. The highest BCUT2D eigenvalue weighted by atomic mass is 14.2. The number of hydrogen-bond donors (Lipinski definition) is 0. The minimum absolute atomic E-state index is 1.18. The molecule has 0 heteroatoms. The second kappa shape index (κ2) is 6.21. The third-order valence-corrected chi connectivity index (χ3v) is 3.45. The van der Waals surface area contributed by atoms with Crippen LogP contribution in [0.3, 0.4) is 0 Å². The Morgan fingerprint density at radius 3 is 1.40 bits per heavy atom. The minimum atomic E-state index is 1.18. The molecule has 20 heavy (non-hydrogen) atoms. The Morgan fingerprint density at radius 1 is 0.700 bits per heavy atom. The lowest BCUT2D eigenvalue weighted by Gasteiger charge is -2.15. The van der Waals surface area contributed by atoms with E-state index < -0.39 is 0 Å². The second-order valence-electron chi connectivity index (χ2n) is 4.61. The Labute approximate surface area is 121 Å². The lowest BCUT2D eigenvalue weighted by atomic mass is 9.88. The number of fused-ring (bicyclic) bond motifs is 1. The average Bonchev–Trinajstić information content (AvgIpc) is 2.48. The first kappa shape index (κ1) is 14.1. The van der Waals surface area contributed by atoms with E-state index in [4.69, 9.17) is 0 Å². The lowest BCUT2D eigenvalue weighted by molar-refractivity contribution is 1.58. The normalized spacial score (nSPS) is 11.5. The number of benzene rings is 2. The van der Waals surface area contributed by atoms with Crippen LogP contribution >= 0.6 is 0 Å². The van der Waals surface area contributed by atoms with Gasteiger partial charge in [0.2, 0.25) is 0 Å². The van der Waals surface area contributed by atoms with Gasteiger partial charge >= 0.3 is 0 Å². The zero-order chi connectivity index (χ0) is 14.5. The smallest absolute Gasteiger partial charge is 0.00992 e. The van der Waals surface area contributed by atoms with Gasteiger partial charge in [0.25, 0.3) is 0 Å². The molecule has 2 aromatic carbocycles. The number of hydrogen-bond acceptors (Lipinski definition) is 0. The maximum Gasteiger partial charge on any atom is -0.00992 e. The van der Waals surface area contributed by atoms with Crippen LogP contribution in [0.15, 0.2) is 49.6 Å². The highest BCUT2D eigenvalue weighted by Gasteiger charge is 2.12. The fourth-order valence-corrected chi connectivity index (χ4v) is 2.67. The van der Waals surface area contributed by atoms with Gasteiger partial charge in [0, 0.05) is 0 Å². The van der Waals surface area contributed by atoms with Crippen molar-refractivity contribution in [3.05, 3.63) is 71.8 Å². The van der Waals surface area contributed by atoms with Crippen LogP contribution in [0.1, 0.15) is 36.1 Å². The summed E-state index contributed by atoms with van der Waals surface area (Å²) in [6.45, 7) is 12.1. The maximum atomic E-state index is 4.00. The molecule has 0 unspecified atom stereocenters. The molecule has 0 aliphatic heterocycles. The van der Waals surface area contributed by atoms with Crippen molar-refractivity contribution in [1.29, 1.82) is 0 Å². The first-order valence-electron chi connectivity index (χ1n) is 6.87. The monoisotopic (exact) mass is 260 g/mol. The van der Waals surface area contributed by atoms with E-state index in [-0.39, 0.29) is 0 Å². The molecule has 0 aromatic heterocycles. The van der Waals surface area contributed by atoms with Gasteiger partial charge in [-0.05, 0) is 46.9 Å². The molecule has 0 radical (unpaired) electrons. The molecule has 100 valence electrons. The summed E-state index contributed by atoms with van der Waals surface area (Å²) in [5.74, 6) is 0. The van der Waals surface area contributed by atoms with E-state index >= 15 is 0 Å². The second-order valence-corrected chi connectivity index (χ2v) is 4.61. The molecular weight excluding hydrogens is 240 g/mol. The van der Waals surface area contributed by atoms with Crippen LogP contribution in [0.5, 0.6) is 0 Å². The van der Waals surface area contributed by atoms with Crippen molar-refractivity contribution in [2.45, 2.75) is 13.8 Å². The lowest BCUT2D eigenvalue weighted by Crippen LogP contribution is -1.94. The minimum Gasteiger partial charge on any atom is -0.0984 e. The number of allylic oxidation sites excluding steroid dienone is 2. The molecule has 0 heterocycles. The molecule has 0 N–H and O–H groups in total. The Balaban J connectivity index is 3.08. The fourth-order valence-electron chi connectivity index (χ4n) is 2.67. The molecule has 0 saturated carbocycles. The first-order chi connectivity index (χ1) is 9.78.